The highest BCUT2D eigenvalue weighted by molar-refractivity contribution is 9.10. The predicted molar refractivity (Wildman–Crippen MR) is 85.8 cm³/mol. The van der Waals surface area contributed by atoms with Crippen LogP contribution in [0.1, 0.15) is 5.56 Å². The molecule has 1 heterocycles. The van der Waals surface area contributed by atoms with Gasteiger partial charge in [0.25, 0.3) is 0 Å². The van der Waals surface area contributed by atoms with Crippen molar-refractivity contribution >= 4 is 21.6 Å². The largest absolute Gasteiger partial charge is 0.398 e. The van der Waals surface area contributed by atoms with Gasteiger partial charge in [-0.1, -0.05) is 30.3 Å². The van der Waals surface area contributed by atoms with Crippen LogP contribution in [0.25, 0.3) is 16.9 Å². The van der Waals surface area contributed by atoms with Gasteiger partial charge in [0.1, 0.15) is 0 Å². The smallest absolute Gasteiger partial charge is 0.0823 e. The van der Waals surface area contributed by atoms with Gasteiger partial charge in [0.2, 0.25) is 0 Å². The number of rotatable bonds is 2. The monoisotopic (exact) mass is 327 g/mol. The Morgan fingerprint density at radius 2 is 1.85 bits per heavy atom. The molecule has 0 atom stereocenters. The van der Waals surface area contributed by atoms with Gasteiger partial charge in [0.05, 0.1) is 17.6 Å². The number of hydrogen-bond acceptors (Lipinski definition) is 2. The number of hydrogen-bond donors (Lipinski definition) is 1. The van der Waals surface area contributed by atoms with E-state index in [9.17, 15) is 0 Å². The van der Waals surface area contributed by atoms with E-state index >= 15 is 0 Å². The summed E-state index contributed by atoms with van der Waals surface area (Å²) in [5.41, 5.74) is 11.0. The van der Waals surface area contributed by atoms with Crippen LogP contribution < -0.4 is 5.73 Å². The maximum Gasteiger partial charge on any atom is 0.0823 e. The van der Waals surface area contributed by atoms with E-state index in [0.29, 0.717) is 0 Å². The fraction of sp³-hybridized carbons (Fsp3) is 0.0625. The summed E-state index contributed by atoms with van der Waals surface area (Å²) in [7, 11) is 0. The van der Waals surface area contributed by atoms with Crippen LogP contribution in [-0.2, 0) is 0 Å². The van der Waals surface area contributed by atoms with E-state index in [1.807, 2.05) is 47.1 Å². The van der Waals surface area contributed by atoms with Gasteiger partial charge < -0.3 is 5.73 Å². The molecule has 3 nitrogen and oxygen atoms in total. The normalized spacial score (nSPS) is 10.7. The Balaban J connectivity index is 2.24. The lowest BCUT2D eigenvalue weighted by atomic mass is 10.1. The minimum absolute atomic E-state index is 0.749. The molecule has 4 heteroatoms. The molecule has 2 N–H and O–H groups in total. The zero-order valence-corrected chi connectivity index (χ0v) is 12.6. The fourth-order valence-electron chi connectivity index (χ4n) is 2.31. The maximum atomic E-state index is 6.08. The first-order valence-electron chi connectivity index (χ1n) is 6.33. The predicted octanol–water partition coefficient (Wildman–Crippen LogP) is 4.19. The molecular formula is C16H14BrN3. The lowest BCUT2D eigenvalue weighted by Crippen LogP contribution is -2.03. The van der Waals surface area contributed by atoms with Gasteiger partial charge in [-0.25, -0.2) is 4.68 Å². The van der Waals surface area contributed by atoms with Crippen molar-refractivity contribution in [1.82, 2.24) is 9.78 Å². The molecule has 0 fully saturated rings. The standard InChI is InChI=1S/C16H14BrN3/c1-11-5-4-7-13(17)16(11)20-15(9-10-19-20)12-6-2-3-8-14(12)18/h2-10H,18H2,1H3. The molecule has 0 aliphatic rings. The van der Waals surface area contributed by atoms with E-state index < -0.39 is 0 Å². The number of benzene rings is 2. The van der Waals surface area contributed by atoms with Crippen LogP contribution in [-0.4, -0.2) is 9.78 Å². The molecule has 0 aliphatic carbocycles. The molecule has 0 aliphatic heterocycles. The second-order valence-corrected chi connectivity index (χ2v) is 5.48. The highest BCUT2D eigenvalue weighted by atomic mass is 79.9. The molecule has 0 amide bonds. The van der Waals surface area contributed by atoms with Gasteiger partial charge in [0.15, 0.2) is 0 Å². The van der Waals surface area contributed by atoms with Crippen molar-refractivity contribution in [2.75, 3.05) is 5.73 Å². The number of anilines is 1. The number of nitrogens with two attached hydrogens (primary N) is 1. The Labute approximate surface area is 126 Å². The molecule has 0 unspecified atom stereocenters. The Morgan fingerprint density at radius 3 is 2.60 bits per heavy atom. The number of nitrogens with zero attached hydrogens (tertiary/aromatic N) is 2. The number of aromatic nitrogens is 2. The molecule has 0 radical (unpaired) electrons. The average Bonchev–Trinajstić information content (AvgIpc) is 2.88. The van der Waals surface area contributed by atoms with Crippen LogP contribution in [0, 0.1) is 6.92 Å². The number of aryl methyl sites for hydroxylation is 1. The zero-order valence-electron chi connectivity index (χ0n) is 11.0. The van der Waals surface area contributed by atoms with Crippen molar-refractivity contribution in [2.24, 2.45) is 0 Å². The Kier molecular flexibility index (Phi) is 3.32. The molecular weight excluding hydrogens is 314 g/mol. The van der Waals surface area contributed by atoms with Crippen LogP contribution >= 0.6 is 15.9 Å². The number of halogens is 1. The Bertz CT molecular complexity index is 742. The van der Waals surface area contributed by atoms with Crippen LogP contribution in [0.15, 0.2) is 59.2 Å². The summed E-state index contributed by atoms with van der Waals surface area (Å²) in [5, 5.41) is 4.46. The summed E-state index contributed by atoms with van der Waals surface area (Å²) < 4.78 is 2.93. The SMILES string of the molecule is Cc1cccc(Br)c1-n1nccc1-c1ccccc1N. The lowest BCUT2D eigenvalue weighted by molar-refractivity contribution is 0.876. The van der Waals surface area contributed by atoms with Gasteiger partial charge in [-0.05, 0) is 46.6 Å². The maximum absolute atomic E-state index is 6.08. The summed E-state index contributed by atoms with van der Waals surface area (Å²) in [4.78, 5) is 0. The van der Waals surface area contributed by atoms with Gasteiger partial charge in [-0.2, -0.15) is 5.10 Å². The molecule has 2 aromatic carbocycles. The average molecular weight is 328 g/mol. The first-order chi connectivity index (χ1) is 9.68. The molecule has 0 saturated carbocycles. The van der Waals surface area contributed by atoms with Gasteiger partial charge >= 0.3 is 0 Å². The molecule has 3 aromatic rings. The molecule has 1 aromatic heterocycles. The van der Waals surface area contributed by atoms with Crippen molar-refractivity contribution in [3.05, 3.63) is 64.8 Å². The molecule has 20 heavy (non-hydrogen) atoms. The minimum Gasteiger partial charge on any atom is -0.398 e. The van der Waals surface area contributed by atoms with Gasteiger partial charge in [-0.15, -0.1) is 0 Å². The fourth-order valence-corrected chi connectivity index (χ4v) is 2.94. The van der Waals surface area contributed by atoms with E-state index in [0.717, 1.165) is 32.7 Å². The third-order valence-corrected chi connectivity index (χ3v) is 3.92. The topological polar surface area (TPSA) is 43.8 Å². The molecule has 0 spiro atoms. The Hall–Kier alpha value is -2.07. The second-order valence-electron chi connectivity index (χ2n) is 4.62. The van der Waals surface area contributed by atoms with Crippen LogP contribution in [0.3, 0.4) is 0 Å². The van der Waals surface area contributed by atoms with Crippen LogP contribution in [0.4, 0.5) is 5.69 Å². The molecule has 0 bridgehead atoms. The summed E-state index contributed by atoms with van der Waals surface area (Å²) >= 11 is 3.60. The first-order valence-corrected chi connectivity index (χ1v) is 7.12. The van der Waals surface area contributed by atoms with Crippen LogP contribution in [0.2, 0.25) is 0 Å². The summed E-state index contributed by atoms with van der Waals surface area (Å²) in [6, 6.07) is 15.9. The summed E-state index contributed by atoms with van der Waals surface area (Å²) in [6.07, 6.45) is 1.79. The first kappa shape index (κ1) is 12.9. The quantitative estimate of drug-likeness (QED) is 0.717. The van der Waals surface area contributed by atoms with Gasteiger partial charge in [-0.3, -0.25) is 0 Å². The molecule has 100 valence electrons. The van der Waals surface area contributed by atoms with E-state index in [-0.39, 0.29) is 0 Å². The third-order valence-electron chi connectivity index (χ3n) is 3.28. The number of para-hydroxylation sites is 2. The van der Waals surface area contributed by atoms with E-state index in [1.165, 1.54) is 0 Å². The minimum atomic E-state index is 0.749. The lowest BCUT2D eigenvalue weighted by Gasteiger charge is -2.13. The highest BCUT2D eigenvalue weighted by Crippen LogP contribution is 2.31. The zero-order chi connectivity index (χ0) is 14.1. The Morgan fingerprint density at radius 1 is 1.05 bits per heavy atom. The van der Waals surface area contributed by atoms with Crippen molar-refractivity contribution < 1.29 is 0 Å². The van der Waals surface area contributed by atoms with E-state index in [2.05, 4.69) is 34.0 Å². The van der Waals surface area contributed by atoms with Crippen molar-refractivity contribution in [1.29, 1.82) is 0 Å². The van der Waals surface area contributed by atoms with Gasteiger partial charge in [0, 0.05) is 15.7 Å². The van der Waals surface area contributed by atoms with E-state index in [4.69, 9.17) is 5.73 Å². The van der Waals surface area contributed by atoms with Crippen LogP contribution in [0.5, 0.6) is 0 Å². The number of nitrogen functional groups attached to an aromatic ring is 1. The van der Waals surface area contributed by atoms with Crippen molar-refractivity contribution in [3.8, 4) is 16.9 Å². The summed E-state index contributed by atoms with van der Waals surface area (Å²) in [6.45, 7) is 2.07. The van der Waals surface area contributed by atoms with Crippen molar-refractivity contribution in [2.45, 2.75) is 6.92 Å². The highest BCUT2D eigenvalue weighted by Gasteiger charge is 2.13. The second kappa shape index (κ2) is 5.13. The third kappa shape index (κ3) is 2.12. The van der Waals surface area contributed by atoms with E-state index in [1.54, 1.807) is 6.20 Å². The molecule has 0 saturated heterocycles. The molecule has 3 rings (SSSR count). The summed E-state index contributed by atoms with van der Waals surface area (Å²) in [5.74, 6) is 0. The van der Waals surface area contributed by atoms with Crippen molar-refractivity contribution in [3.63, 3.8) is 0 Å².